The first kappa shape index (κ1) is 20.3. The zero-order valence-electron chi connectivity index (χ0n) is 17.0. The van der Waals surface area contributed by atoms with Crippen molar-refractivity contribution in [3.8, 4) is 0 Å². The van der Waals surface area contributed by atoms with Crippen molar-refractivity contribution in [1.82, 2.24) is 4.90 Å². The van der Waals surface area contributed by atoms with E-state index < -0.39 is 64.4 Å². The van der Waals surface area contributed by atoms with Crippen LogP contribution in [0.25, 0.3) is 0 Å². The molecule has 6 rings (SSSR count). The molecule has 170 valence electrons. The lowest BCUT2D eigenvalue weighted by Crippen LogP contribution is -2.54. The highest BCUT2D eigenvalue weighted by Gasteiger charge is 2.74. The molecular weight excluding hydrogens is 442 g/mol. The van der Waals surface area contributed by atoms with Crippen LogP contribution in [0.15, 0.2) is 42.5 Å². The Hall–Kier alpha value is -3.27. The second-order valence-electron chi connectivity index (χ2n) is 8.84. The average Bonchev–Trinajstić information content (AvgIpc) is 3.46. The first-order valence-electron chi connectivity index (χ1n) is 10.6. The molecule has 0 radical (unpaired) electrons. The maximum Gasteiger partial charge on any atom is 0.418 e. The third-order valence-electron chi connectivity index (χ3n) is 7.40. The van der Waals surface area contributed by atoms with E-state index in [0.717, 1.165) is 12.1 Å². The summed E-state index contributed by atoms with van der Waals surface area (Å²) in [4.78, 5) is 43.1. The van der Waals surface area contributed by atoms with Gasteiger partial charge >= 0.3 is 6.18 Å². The molecule has 1 spiro atoms. The molecule has 10 heteroatoms. The maximum atomic E-state index is 14.3. The number of alkyl halides is 3. The van der Waals surface area contributed by atoms with Crippen molar-refractivity contribution in [1.29, 1.82) is 0 Å². The summed E-state index contributed by atoms with van der Waals surface area (Å²) in [6, 6.07) is 7.65. The molecule has 2 aromatic rings. The lowest BCUT2D eigenvalue weighted by molar-refractivity contribution is -0.138. The normalized spacial score (nSPS) is 30.7. The molecule has 2 aromatic carbocycles. The Bertz CT molecular complexity index is 1250. The average molecular weight is 459 g/mol. The number of carbonyl (C=O) groups is 3. The predicted octanol–water partition coefficient (Wildman–Crippen LogP) is 3.28. The van der Waals surface area contributed by atoms with Gasteiger partial charge in [-0.05, 0) is 49.7 Å². The molecule has 4 aliphatic rings. The number of benzene rings is 2. The number of imide groups is 1. The van der Waals surface area contributed by atoms with Crippen LogP contribution < -0.4 is 10.2 Å². The van der Waals surface area contributed by atoms with Gasteiger partial charge in [0.25, 0.3) is 0 Å². The van der Waals surface area contributed by atoms with Gasteiger partial charge in [0.2, 0.25) is 17.7 Å². The van der Waals surface area contributed by atoms with Crippen LogP contribution in [0.3, 0.4) is 0 Å². The number of hydrogen-bond donors (Lipinski definition) is 1. The largest absolute Gasteiger partial charge is 0.418 e. The molecule has 0 aliphatic carbocycles. The summed E-state index contributed by atoms with van der Waals surface area (Å²) in [5.74, 6) is -5.05. The second kappa shape index (κ2) is 6.40. The number of nitrogens with one attached hydrogen (secondary N) is 1. The lowest BCUT2D eigenvalue weighted by atomic mass is 9.75. The van der Waals surface area contributed by atoms with E-state index in [2.05, 4.69) is 5.32 Å². The fourth-order valence-corrected chi connectivity index (χ4v) is 6.32. The van der Waals surface area contributed by atoms with Crippen LogP contribution in [0.2, 0.25) is 0 Å². The quantitative estimate of drug-likeness (QED) is 0.525. The van der Waals surface area contributed by atoms with Gasteiger partial charge in [-0.2, -0.15) is 13.2 Å². The number of halogens is 4. The van der Waals surface area contributed by atoms with Gasteiger partial charge in [0.05, 0.1) is 23.1 Å². The number of nitrogens with zero attached hydrogens (tertiary/aromatic N) is 2. The Labute approximate surface area is 185 Å². The van der Waals surface area contributed by atoms with Crippen molar-refractivity contribution in [2.75, 3.05) is 16.8 Å². The van der Waals surface area contributed by atoms with Crippen LogP contribution in [0, 0.1) is 17.7 Å². The number of amides is 3. The monoisotopic (exact) mass is 459 g/mol. The first-order chi connectivity index (χ1) is 15.7. The van der Waals surface area contributed by atoms with E-state index in [1.165, 1.54) is 30.3 Å². The third-order valence-corrected chi connectivity index (χ3v) is 7.40. The molecular formula is C23H17F4N3O3. The summed E-state index contributed by atoms with van der Waals surface area (Å²) in [6.07, 6.45) is -3.63. The van der Waals surface area contributed by atoms with Gasteiger partial charge in [0.1, 0.15) is 11.4 Å². The van der Waals surface area contributed by atoms with Crippen LogP contribution in [-0.4, -0.2) is 35.2 Å². The Morgan fingerprint density at radius 3 is 2.55 bits per heavy atom. The van der Waals surface area contributed by atoms with E-state index in [1.54, 1.807) is 4.90 Å². The van der Waals surface area contributed by atoms with E-state index in [-0.39, 0.29) is 5.56 Å². The molecule has 6 nitrogen and oxygen atoms in total. The zero-order valence-corrected chi connectivity index (χ0v) is 17.0. The van der Waals surface area contributed by atoms with Crippen molar-refractivity contribution in [3.63, 3.8) is 0 Å². The second-order valence-corrected chi connectivity index (χ2v) is 8.84. The van der Waals surface area contributed by atoms with Gasteiger partial charge in [-0.15, -0.1) is 0 Å². The molecule has 4 aliphatic heterocycles. The molecule has 4 heterocycles. The third kappa shape index (κ3) is 2.39. The molecule has 3 fully saturated rings. The molecule has 3 saturated heterocycles. The summed E-state index contributed by atoms with van der Waals surface area (Å²) < 4.78 is 55.4. The van der Waals surface area contributed by atoms with Crippen molar-refractivity contribution in [2.24, 2.45) is 11.8 Å². The van der Waals surface area contributed by atoms with Gasteiger partial charge in [0.15, 0.2) is 0 Å². The predicted molar refractivity (Wildman–Crippen MR) is 107 cm³/mol. The number of anilines is 2. The topological polar surface area (TPSA) is 69.7 Å². The highest BCUT2D eigenvalue weighted by Crippen LogP contribution is 2.61. The van der Waals surface area contributed by atoms with Crippen molar-refractivity contribution in [3.05, 3.63) is 59.4 Å². The van der Waals surface area contributed by atoms with Gasteiger partial charge in [-0.3, -0.25) is 19.3 Å². The summed E-state index contributed by atoms with van der Waals surface area (Å²) in [5.41, 5.74) is -2.71. The molecule has 0 saturated carbocycles. The van der Waals surface area contributed by atoms with Crippen molar-refractivity contribution >= 4 is 29.1 Å². The molecule has 0 unspecified atom stereocenters. The molecule has 0 aromatic heterocycles. The molecule has 0 bridgehead atoms. The highest BCUT2D eigenvalue weighted by atomic mass is 19.4. The van der Waals surface area contributed by atoms with Crippen LogP contribution >= 0.6 is 0 Å². The standard InChI is InChI=1S/C23H17F4N3O3/c24-11-7-8-14-13(10-11)22(21(33)28-14)18-17(16-6-3-9-29(16)22)19(31)30(20(18)32)15-5-2-1-4-12(15)23(25,26)27/h1-2,4-5,7-8,10,16-18H,3,6,9H2,(H,28,33)/t16-,17+,18+,22+/m0/s1. The minimum absolute atomic E-state index is 0.249. The Morgan fingerprint density at radius 1 is 1.03 bits per heavy atom. The van der Waals surface area contributed by atoms with Crippen LogP contribution in [-0.2, 0) is 26.1 Å². The number of rotatable bonds is 1. The summed E-state index contributed by atoms with van der Waals surface area (Å²) in [6.45, 7) is 0.417. The molecule has 3 amide bonds. The van der Waals surface area contributed by atoms with Crippen LogP contribution in [0.5, 0.6) is 0 Å². The number of para-hydroxylation sites is 1. The van der Waals surface area contributed by atoms with E-state index >= 15 is 0 Å². The van der Waals surface area contributed by atoms with E-state index in [9.17, 15) is 31.9 Å². The number of hydrogen-bond acceptors (Lipinski definition) is 4. The highest BCUT2D eigenvalue weighted by molar-refractivity contribution is 6.26. The SMILES string of the molecule is O=C1[C@@H]2[C@@H]3CCCN3[C@@]3(C(=O)Nc4ccc(F)cc43)[C@H]2C(=O)N1c1ccccc1C(F)(F)F. The van der Waals surface area contributed by atoms with E-state index in [4.69, 9.17) is 0 Å². The Balaban J connectivity index is 1.56. The van der Waals surface area contributed by atoms with Crippen molar-refractivity contribution < 1.29 is 31.9 Å². The minimum atomic E-state index is -4.79. The van der Waals surface area contributed by atoms with E-state index in [1.807, 2.05) is 0 Å². The summed E-state index contributed by atoms with van der Waals surface area (Å²) in [5, 5.41) is 2.70. The smallest absolute Gasteiger partial charge is 0.324 e. The zero-order chi connectivity index (χ0) is 23.3. The Kier molecular flexibility index (Phi) is 3.95. The van der Waals surface area contributed by atoms with Gasteiger partial charge < -0.3 is 5.32 Å². The number of carbonyl (C=O) groups excluding carboxylic acids is 3. The van der Waals surface area contributed by atoms with Gasteiger partial charge in [-0.25, -0.2) is 9.29 Å². The molecule has 1 N–H and O–H groups in total. The maximum absolute atomic E-state index is 14.3. The first-order valence-corrected chi connectivity index (χ1v) is 10.6. The van der Waals surface area contributed by atoms with Crippen LogP contribution in [0.4, 0.5) is 28.9 Å². The summed E-state index contributed by atoms with van der Waals surface area (Å²) in [7, 11) is 0. The fraction of sp³-hybridized carbons (Fsp3) is 0.348. The Morgan fingerprint density at radius 2 is 1.79 bits per heavy atom. The van der Waals surface area contributed by atoms with Crippen LogP contribution in [0.1, 0.15) is 24.0 Å². The molecule has 33 heavy (non-hydrogen) atoms. The molecule has 4 atom stereocenters. The van der Waals surface area contributed by atoms with Gasteiger partial charge in [-0.1, -0.05) is 12.1 Å². The summed E-state index contributed by atoms with van der Waals surface area (Å²) >= 11 is 0. The minimum Gasteiger partial charge on any atom is -0.324 e. The fourth-order valence-electron chi connectivity index (χ4n) is 6.32. The van der Waals surface area contributed by atoms with E-state index in [0.29, 0.717) is 30.0 Å². The van der Waals surface area contributed by atoms with Crippen molar-refractivity contribution in [2.45, 2.75) is 30.6 Å². The van der Waals surface area contributed by atoms with Gasteiger partial charge in [0, 0.05) is 17.3 Å². The number of fused-ring (bicyclic) bond motifs is 7. The lowest BCUT2D eigenvalue weighted by Gasteiger charge is -2.36.